The van der Waals surface area contributed by atoms with E-state index in [0.29, 0.717) is 12.1 Å². The maximum Gasteiger partial charge on any atom is 0.264 e. The van der Waals surface area contributed by atoms with Crippen LogP contribution in [0.4, 0.5) is 10.1 Å². The molecule has 2 amide bonds. The number of carbonyl (C=O) groups excluding carboxylic acids is 2. The van der Waals surface area contributed by atoms with E-state index < -0.39 is 34.3 Å². The van der Waals surface area contributed by atoms with Crippen molar-refractivity contribution in [3.05, 3.63) is 94.2 Å². The Morgan fingerprint density at radius 3 is 2.27 bits per heavy atom. The molecule has 0 heterocycles. The number of nitrogens with zero attached hydrogens (tertiary/aromatic N) is 2. The Hall–Kier alpha value is -3.14. The van der Waals surface area contributed by atoms with Crippen molar-refractivity contribution in [3.8, 4) is 0 Å². The first-order valence-corrected chi connectivity index (χ1v) is 15.1. The van der Waals surface area contributed by atoms with E-state index in [1.54, 1.807) is 25.1 Å². The van der Waals surface area contributed by atoms with Crippen LogP contribution < -0.4 is 9.62 Å². The van der Waals surface area contributed by atoms with Crippen LogP contribution in [0.1, 0.15) is 38.7 Å². The topological polar surface area (TPSA) is 86.8 Å². The quantitative estimate of drug-likeness (QED) is 0.240. The highest BCUT2D eigenvalue weighted by Crippen LogP contribution is 2.33. The summed E-state index contributed by atoms with van der Waals surface area (Å²) in [6.45, 7) is 3.51. The van der Waals surface area contributed by atoms with Gasteiger partial charge in [0, 0.05) is 18.1 Å². The van der Waals surface area contributed by atoms with E-state index in [2.05, 4.69) is 5.32 Å². The Balaban J connectivity index is 2.06. The molecule has 1 atom stereocenters. The fourth-order valence-corrected chi connectivity index (χ4v) is 6.00. The molecule has 0 saturated carbocycles. The second-order valence-electron chi connectivity index (χ2n) is 9.14. The Morgan fingerprint density at radius 2 is 1.65 bits per heavy atom. The van der Waals surface area contributed by atoms with Gasteiger partial charge >= 0.3 is 0 Å². The molecule has 3 rings (SSSR count). The SMILES string of the molecule is CCCCNC(=O)[C@@H](CC)N(Cc1ccc(F)cc1)C(=O)CN(c1cc(Cl)ccc1Cl)S(=O)(=O)c1ccccc1. The van der Waals surface area contributed by atoms with E-state index in [4.69, 9.17) is 23.2 Å². The zero-order valence-corrected chi connectivity index (χ0v) is 24.6. The van der Waals surface area contributed by atoms with Crippen molar-refractivity contribution in [3.63, 3.8) is 0 Å². The maximum absolute atomic E-state index is 14.0. The van der Waals surface area contributed by atoms with Crippen LogP contribution in [0.3, 0.4) is 0 Å². The molecular weight excluding hydrogens is 576 g/mol. The van der Waals surface area contributed by atoms with Crippen LogP contribution in [0.2, 0.25) is 10.0 Å². The number of benzene rings is 3. The maximum atomic E-state index is 14.0. The predicted molar refractivity (Wildman–Crippen MR) is 156 cm³/mol. The number of rotatable bonds is 13. The van der Waals surface area contributed by atoms with Crippen molar-refractivity contribution in [2.24, 2.45) is 0 Å². The van der Waals surface area contributed by atoms with Crippen molar-refractivity contribution in [2.45, 2.75) is 50.6 Å². The van der Waals surface area contributed by atoms with E-state index in [1.807, 2.05) is 6.92 Å². The van der Waals surface area contributed by atoms with Gasteiger partial charge in [0.05, 0.1) is 15.6 Å². The monoisotopic (exact) mass is 607 g/mol. The summed E-state index contributed by atoms with van der Waals surface area (Å²) < 4.78 is 42.2. The second-order valence-corrected chi connectivity index (χ2v) is 11.8. The van der Waals surface area contributed by atoms with Crippen molar-refractivity contribution in [1.29, 1.82) is 0 Å². The first-order chi connectivity index (χ1) is 19.1. The summed E-state index contributed by atoms with van der Waals surface area (Å²) in [7, 11) is -4.28. The van der Waals surface area contributed by atoms with Crippen molar-refractivity contribution in [1.82, 2.24) is 10.2 Å². The summed E-state index contributed by atoms with van der Waals surface area (Å²) in [6, 6.07) is 16.6. The van der Waals surface area contributed by atoms with Gasteiger partial charge in [0.1, 0.15) is 18.4 Å². The number of unbranched alkanes of at least 4 members (excludes halogenated alkanes) is 1. The van der Waals surface area contributed by atoms with Gasteiger partial charge in [0.2, 0.25) is 11.8 Å². The molecule has 3 aromatic rings. The minimum atomic E-state index is -4.28. The number of amides is 2. The zero-order chi connectivity index (χ0) is 29.3. The molecule has 11 heteroatoms. The van der Waals surface area contributed by atoms with Gasteiger partial charge in [0.15, 0.2) is 0 Å². The fraction of sp³-hybridized carbons (Fsp3) is 0.310. The second kappa shape index (κ2) is 14.5. The largest absolute Gasteiger partial charge is 0.354 e. The number of hydrogen-bond donors (Lipinski definition) is 1. The summed E-state index contributed by atoms with van der Waals surface area (Å²) in [4.78, 5) is 28.4. The number of hydrogen-bond acceptors (Lipinski definition) is 4. The van der Waals surface area contributed by atoms with Gasteiger partial charge in [-0.05, 0) is 60.9 Å². The molecule has 0 aliphatic carbocycles. The molecule has 40 heavy (non-hydrogen) atoms. The van der Waals surface area contributed by atoms with Gasteiger partial charge in [-0.2, -0.15) is 0 Å². The van der Waals surface area contributed by atoms with Crippen LogP contribution in [0.25, 0.3) is 0 Å². The summed E-state index contributed by atoms with van der Waals surface area (Å²) in [5, 5.41) is 3.16. The third kappa shape index (κ3) is 7.96. The molecule has 3 aromatic carbocycles. The van der Waals surface area contributed by atoms with Gasteiger partial charge in [0.25, 0.3) is 10.0 Å². The standard InChI is InChI=1S/C29H32Cl2FN3O4S/c1-3-5-17-33-29(37)26(4-2)34(19-21-11-14-23(32)15-12-21)28(36)20-35(27-18-22(30)13-16-25(27)31)40(38,39)24-9-7-6-8-10-24/h6-16,18,26H,3-5,17,19-20H2,1-2H3,(H,33,37)/t26-/m1/s1. The van der Waals surface area contributed by atoms with E-state index in [-0.39, 0.29) is 39.5 Å². The van der Waals surface area contributed by atoms with Crippen LogP contribution in [0.5, 0.6) is 0 Å². The van der Waals surface area contributed by atoms with E-state index in [9.17, 15) is 22.4 Å². The third-order valence-corrected chi connectivity index (χ3v) is 8.60. The fourth-order valence-electron chi connectivity index (χ4n) is 4.12. The highest BCUT2D eigenvalue weighted by Gasteiger charge is 2.34. The Labute approximate surface area is 244 Å². The average Bonchev–Trinajstić information content (AvgIpc) is 2.94. The van der Waals surface area contributed by atoms with Crippen LogP contribution in [0.15, 0.2) is 77.7 Å². The molecule has 7 nitrogen and oxygen atoms in total. The highest BCUT2D eigenvalue weighted by molar-refractivity contribution is 7.92. The molecule has 0 radical (unpaired) electrons. The minimum Gasteiger partial charge on any atom is -0.354 e. The molecule has 214 valence electrons. The van der Waals surface area contributed by atoms with Crippen molar-refractivity contribution >= 4 is 50.7 Å². The molecule has 0 aliphatic rings. The molecule has 0 fully saturated rings. The lowest BCUT2D eigenvalue weighted by atomic mass is 10.1. The highest BCUT2D eigenvalue weighted by atomic mass is 35.5. The van der Waals surface area contributed by atoms with E-state index in [1.165, 1.54) is 59.5 Å². The smallest absolute Gasteiger partial charge is 0.264 e. The minimum absolute atomic E-state index is 0.0218. The normalized spacial score (nSPS) is 12.0. The Morgan fingerprint density at radius 1 is 0.975 bits per heavy atom. The molecule has 0 spiro atoms. The molecule has 0 saturated heterocycles. The Kier molecular flexibility index (Phi) is 11.4. The lowest BCUT2D eigenvalue weighted by molar-refractivity contribution is -0.140. The number of anilines is 1. The number of carbonyl (C=O) groups is 2. The van der Waals surface area contributed by atoms with E-state index >= 15 is 0 Å². The lowest BCUT2D eigenvalue weighted by Crippen LogP contribution is -2.52. The summed E-state index contributed by atoms with van der Waals surface area (Å²) in [6.07, 6.45) is 1.92. The molecule has 1 N–H and O–H groups in total. The first-order valence-electron chi connectivity index (χ1n) is 12.9. The van der Waals surface area contributed by atoms with Crippen LogP contribution in [0, 0.1) is 5.82 Å². The summed E-state index contributed by atoms with van der Waals surface area (Å²) >= 11 is 12.6. The molecule has 0 unspecified atom stereocenters. The molecule has 0 bridgehead atoms. The third-order valence-electron chi connectivity index (χ3n) is 6.27. The zero-order valence-electron chi connectivity index (χ0n) is 22.3. The van der Waals surface area contributed by atoms with Crippen LogP contribution in [-0.2, 0) is 26.2 Å². The van der Waals surface area contributed by atoms with Gasteiger partial charge < -0.3 is 10.2 Å². The lowest BCUT2D eigenvalue weighted by Gasteiger charge is -2.33. The van der Waals surface area contributed by atoms with Crippen LogP contribution in [-0.4, -0.2) is 44.3 Å². The summed E-state index contributed by atoms with van der Waals surface area (Å²) in [5.74, 6) is -1.44. The molecular formula is C29H32Cl2FN3O4S. The van der Waals surface area contributed by atoms with Crippen molar-refractivity contribution < 1.29 is 22.4 Å². The van der Waals surface area contributed by atoms with Gasteiger partial charge in [-0.25, -0.2) is 12.8 Å². The number of sulfonamides is 1. The van der Waals surface area contributed by atoms with Crippen LogP contribution >= 0.6 is 23.2 Å². The van der Waals surface area contributed by atoms with Crippen molar-refractivity contribution in [2.75, 3.05) is 17.4 Å². The van der Waals surface area contributed by atoms with E-state index in [0.717, 1.165) is 17.1 Å². The summed E-state index contributed by atoms with van der Waals surface area (Å²) in [5.41, 5.74) is 0.598. The predicted octanol–water partition coefficient (Wildman–Crippen LogP) is 6.05. The molecule has 0 aliphatic heterocycles. The average molecular weight is 609 g/mol. The molecule has 0 aromatic heterocycles. The van der Waals surface area contributed by atoms with Gasteiger partial charge in [-0.1, -0.05) is 73.8 Å². The van der Waals surface area contributed by atoms with Gasteiger partial charge in [-0.15, -0.1) is 0 Å². The first kappa shape index (κ1) is 31.4. The number of nitrogens with one attached hydrogen (secondary N) is 1. The number of halogens is 3. The Bertz CT molecular complexity index is 1410. The van der Waals surface area contributed by atoms with Gasteiger partial charge in [-0.3, -0.25) is 13.9 Å².